The van der Waals surface area contributed by atoms with E-state index < -0.39 is 18.1 Å². The van der Waals surface area contributed by atoms with Crippen LogP contribution in [0, 0.1) is 0 Å². The highest BCUT2D eigenvalue weighted by atomic mass is 19.4. The van der Waals surface area contributed by atoms with Crippen LogP contribution in [-0.2, 0) is 4.79 Å². The maximum Gasteiger partial charge on any atom is 0.471 e. The summed E-state index contributed by atoms with van der Waals surface area (Å²) < 4.78 is 36.3. The minimum Gasteiger partial charge on any atom is -0.332 e. The number of halogens is 3. The molecule has 8 heteroatoms. The lowest BCUT2D eigenvalue weighted by atomic mass is 10.2. The van der Waals surface area contributed by atoms with Crippen molar-refractivity contribution in [2.45, 2.75) is 25.1 Å². The van der Waals surface area contributed by atoms with Crippen molar-refractivity contribution in [2.75, 3.05) is 13.1 Å². The van der Waals surface area contributed by atoms with E-state index in [9.17, 15) is 18.0 Å². The van der Waals surface area contributed by atoms with E-state index in [1.54, 1.807) is 0 Å². The van der Waals surface area contributed by atoms with Crippen molar-refractivity contribution in [3.63, 3.8) is 0 Å². The normalized spacial score (nSPS) is 21.3. The molecule has 84 valence electrons. The van der Waals surface area contributed by atoms with Crippen LogP contribution in [0.4, 0.5) is 13.2 Å². The van der Waals surface area contributed by atoms with Gasteiger partial charge in [0.05, 0.1) is 0 Å². The van der Waals surface area contributed by atoms with Crippen LogP contribution in [0.1, 0.15) is 12.8 Å². The lowest BCUT2D eigenvalue weighted by Crippen LogP contribution is -2.44. The first-order chi connectivity index (χ1) is 6.96. The third-order valence-electron chi connectivity index (χ3n) is 2.24. The minimum atomic E-state index is -4.85. The Kier molecular flexibility index (Phi) is 3.41. The number of azide groups is 1. The Balaban J connectivity index is 2.68. The highest BCUT2D eigenvalue weighted by Crippen LogP contribution is 2.25. The van der Waals surface area contributed by atoms with Crippen LogP contribution in [0.3, 0.4) is 0 Å². The fourth-order valence-corrected chi connectivity index (χ4v) is 1.59. The molecule has 0 aliphatic carbocycles. The zero-order valence-electron chi connectivity index (χ0n) is 7.74. The van der Waals surface area contributed by atoms with Crippen LogP contribution in [-0.4, -0.2) is 36.1 Å². The molecule has 1 saturated heterocycles. The second kappa shape index (κ2) is 4.39. The molecule has 0 aromatic heterocycles. The molecule has 1 rings (SSSR count). The SMILES string of the molecule is [N-]=[N+]=NC[C@@H]1CCCN1C(=O)C(F)(F)F. The van der Waals surface area contributed by atoms with Gasteiger partial charge in [0.2, 0.25) is 0 Å². The van der Waals surface area contributed by atoms with Crippen LogP contribution in [0.5, 0.6) is 0 Å². The lowest BCUT2D eigenvalue weighted by Gasteiger charge is -2.24. The zero-order valence-corrected chi connectivity index (χ0v) is 7.74. The van der Waals surface area contributed by atoms with E-state index in [-0.39, 0.29) is 13.1 Å². The lowest BCUT2D eigenvalue weighted by molar-refractivity contribution is -0.186. The van der Waals surface area contributed by atoms with Crippen molar-refractivity contribution in [1.82, 2.24) is 4.90 Å². The van der Waals surface area contributed by atoms with Crippen molar-refractivity contribution >= 4 is 5.91 Å². The number of carbonyl (C=O) groups is 1. The molecular weight excluding hydrogens is 213 g/mol. The van der Waals surface area contributed by atoms with E-state index in [1.807, 2.05) is 0 Å². The molecule has 1 aliphatic heterocycles. The summed E-state index contributed by atoms with van der Waals surface area (Å²) in [5.41, 5.74) is 8.04. The summed E-state index contributed by atoms with van der Waals surface area (Å²) >= 11 is 0. The maximum atomic E-state index is 12.1. The average molecular weight is 222 g/mol. The average Bonchev–Trinajstić information content (AvgIpc) is 2.59. The molecule has 0 saturated carbocycles. The first-order valence-electron chi connectivity index (χ1n) is 4.35. The molecule has 1 aliphatic rings. The van der Waals surface area contributed by atoms with E-state index in [1.165, 1.54) is 0 Å². The van der Waals surface area contributed by atoms with Gasteiger partial charge in [0.25, 0.3) is 0 Å². The number of rotatable bonds is 2. The molecule has 0 aromatic carbocycles. The van der Waals surface area contributed by atoms with Crippen LogP contribution in [0.25, 0.3) is 10.4 Å². The third-order valence-corrected chi connectivity index (χ3v) is 2.24. The fourth-order valence-electron chi connectivity index (χ4n) is 1.59. The summed E-state index contributed by atoms with van der Waals surface area (Å²) in [5.74, 6) is -1.85. The Bertz CT molecular complexity index is 297. The smallest absolute Gasteiger partial charge is 0.332 e. The van der Waals surface area contributed by atoms with Gasteiger partial charge in [-0.2, -0.15) is 13.2 Å². The topological polar surface area (TPSA) is 69.1 Å². The Morgan fingerprint density at radius 2 is 2.27 bits per heavy atom. The van der Waals surface area contributed by atoms with E-state index >= 15 is 0 Å². The highest BCUT2D eigenvalue weighted by molar-refractivity contribution is 5.82. The summed E-state index contributed by atoms with van der Waals surface area (Å²) in [5, 5.41) is 3.19. The number of hydrogen-bond donors (Lipinski definition) is 0. The van der Waals surface area contributed by atoms with Crippen LogP contribution in [0.15, 0.2) is 5.11 Å². The van der Waals surface area contributed by atoms with Gasteiger partial charge in [-0.15, -0.1) is 0 Å². The third kappa shape index (κ3) is 2.76. The summed E-state index contributed by atoms with van der Waals surface area (Å²) in [6.07, 6.45) is -3.90. The molecule has 0 N–H and O–H groups in total. The monoisotopic (exact) mass is 222 g/mol. The molecule has 0 unspecified atom stereocenters. The first-order valence-corrected chi connectivity index (χ1v) is 4.35. The Morgan fingerprint density at radius 3 is 2.80 bits per heavy atom. The predicted octanol–water partition coefficient (Wildman–Crippen LogP) is 1.85. The van der Waals surface area contributed by atoms with Crippen molar-refractivity contribution in [2.24, 2.45) is 5.11 Å². The van der Waals surface area contributed by atoms with Crippen LogP contribution in [0.2, 0.25) is 0 Å². The van der Waals surface area contributed by atoms with Crippen LogP contribution >= 0.6 is 0 Å². The number of alkyl halides is 3. The molecular formula is C7H9F3N4O. The van der Waals surface area contributed by atoms with Crippen molar-refractivity contribution in [3.8, 4) is 0 Å². The highest BCUT2D eigenvalue weighted by Gasteiger charge is 2.45. The Morgan fingerprint density at radius 1 is 1.60 bits per heavy atom. The summed E-state index contributed by atoms with van der Waals surface area (Å²) in [6, 6.07) is -0.616. The molecule has 0 aromatic rings. The fraction of sp³-hybridized carbons (Fsp3) is 0.857. The van der Waals surface area contributed by atoms with Crippen molar-refractivity contribution in [1.29, 1.82) is 0 Å². The van der Waals surface area contributed by atoms with Gasteiger partial charge in [0.15, 0.2) is 0 Å². The summed E-state index contributed by atoms with van der Waals surface area (Å²) in [6.45, 7) is -0.0255. The Hall–Kier alpha value is -1.43. The molecule has 0 spiro atoms. The summed E-state index contributed by atoms with van der Waals surface area (Å²) in [4.78, 5) is 14.1. The van der Waals surface area contributed by atoms with E-state index in [0.29, 0.717) is 12.8 Å². The van der Waals surface area contributed by atoms with Crippen molar-refractivity contribution in [3.05, 3.63) is 10.4 Å². The van der Waals surface area contributed by atoms with Gasteiger partial charge in [-0.1, -0.05) is 5.11 Å². The van der Waals surface area contributed by atoms with E-state index in [0.717, 1.165) is 4.90 Å². The zero-order chi connectivity index (χ0) is 11.5. The number of amides is 1. The number of carbonyl (C=O) groups excluding carboxylic acids is 1. The quantitative estimate of drug-likeness (QED) is 0.399. The summed E-state index contributed by atoms with van der Waals surface area (Å²) in [7, 11) is 0. The molecule has 1 amide bonds. The van der Waals surface area contributed by atoms with Gasteiger partial charge in [-0.05, 0) is 18.4 Å². The number of hydrogen-bond acceptors (Lipinski definition) is 2. The molecule has 1 heterocycles. The number of nitrogens with zero attached hydrogens (tertiary/aromatic N) is 4. The molecule has 1 atom stereocenters. The molecule has 15 heavy (non-hydrogen) atoms. The minimum absolute atomic E-state index is 0.0734. The Labute approximate surface area is 83.5 Å². The largest absolute Gasteiger partial charge is 0.471 e. The second-order valence-corrected chi connectivity index (χ2v) is 3.21. The van der Waals surface area contributed by atoms with Crippen LogP contribution < -0.4 is 0 Å². The standard InChI is InChI=1S/C7H9F3N4O/c8-7(9,10)6(15)14-3-1-2-5(14)4-12-13-11/h5H,1-4H2/t5-/m0/s1. The van der Waals surface area contributed by atoms with Gasteiger partial charge >= 0.3 is 12.1 Å². The van der Waals surface area contributed by atoms with Gasteiger partial charge in [-0.25, -0.2) is 0 Å². The van der Waals surface area contributed by atoms with E-state index in [4.69, 9.17) is 5.53 Å². The van der Waals surface area contributed by atoms with E-state index in [2.05, 4.69) is 10.0 Å². The predicted molar refractivity (Wildman–Crippen MR) is 44.8 cm³/mol. The first kappa shape index (κ1) is 11.6. The molecule has 1 fully saturated rings. The van der Waals surface area contributed by atoms with Gasteiger partial charge in [0.1, 0.15) is 0 Å². The van der Waals surface area contributed by atoms with Crippen molar-refractivity contribution < 1.29 is 18.0 Å². The molecule has 5 nitrogen and oxygen atoms in total. The number of likely N-dealkylation sites (tertiary alicyclic amines) is 1. The second-order valence-electron chi connectivity index (χ2n) is 3.21. The maximum absolute atomic E-state index is 12.1. The molecule has 0 radical (unpaired) electrons. The van der Waals surface area contributed by atoms with Gasteiger partial charge < -0.3 is 4.90 Å². The van der Waals surface area contributed by atoms with Gasteiger partial charge in [-0.3, -0.25) is 4.79 Å². The van der Waals surface area contributed by atoms with Gasteiger partial charge in [0, 0.05) is 24.0 Å². The molecule has 0 bridgehead atoms.